The molecule has 0 aliphatic carbocycles. The molecule has 5 nitrogen and oxygen atoms in total. The minimum Gasteiger partial charge on any atom is -0.481 e. The first kappa shape index (κ1) is 18.4. The van der Waals surface area contributed by atoms with Crippen molar-refractivity contribution in [1.82, 2.24) is 4.90 Å². The Morgan fingerprint density at radius 2 is 1.20 bits per heavy atom. The Hall–Kier alpha value is -2.95. The highest BCUT2D eigenvalue weighted by Gasteiger charge is 2.21. The lowest BCUT2D eigenvalue weighted by Crippen LogP contribution is -2.39. The first-order valence-electron chi connectivity index (χ1n) is 8.19. The van der Waals surface area contributed by atoms with Crippen LogP contribution in [0.1, 0.15) is 24.0 Å². The second-order valence-electron chi connectivity index (χ2n) is 5.76. The van der Waals surface area contributed by atoms with Gasteiger partial charge in [-0.3, -0.25) is 19.3 Å². The van der Waals surface area contributed by atoms with Crippen LogP contribution in [0.3, 0.4) is 0 Å². The third-order valence-electron chi connectivity index (χ3n) is 3.77. The van der Waals surface area contributed by atoms with Crippen LogP contribution in [0.2, 0.25) is 0 Å². The van der Waals surface area contributed by atoms with Gasteiger partial charge in [-0.2, -0.15) is 0 Å². The highest BCUT2D eigenvalue weighted by molar-refractivity contribution is 5.97. The molecule has 0 aliphatic heterocycles. The summed E-state index contributed by atoms with van der Waals surface area (Å²) in [5, 5.41) is 8.79. The number of rotatable bonds is 8. The highest BCUT2D eigenvalue weighted by Crippen LogP contribution is 2.09. The van der Waals surface area contributed by atoms with Crippen LogP contribution in [0.5, 0.6) is 0 Å². The van der Waals surface area contributed by atoms with Gasteiger partial charge < -0.3 is 5.11 Å². The smallest absolute Gasteiger partial charge is 0.303 e. The van der Waals surface area contributed by atoms with Gasteiger partial charge in [0.15, 0.2) is 0 Å². The monoisotopic (exact) mass is 339 g/mol. The first-order valence-corrected chi connectivity index (χ1v) is 8.19. The summed E-state index contributed by atoms with van der Waals surface area (Å²) in [5.74, 6) is -1.55. The molecule has 1 N–H and O–H groups in total. The van der Waals surface area contributed by atoms with E-state index in [1.807, 2.05) is 60.7 Å². The van der Waals surface area contributed by atoms with Crippen molar-refractivity contribution in [3.05, 3.63) is 71.8 Å². The van der Waals surface area contributed by atoms with E-state index in [1.165, 1.54) is 4.90 Å². The minimum atomic E-state index is -0.939. The van der Waals surface area contributed by atoms with E-state index in [-0.39, 0.29) is 44.0 Å². The summed E-state index contributed by atoms with van der Waals surface area (Å²) >= 11 is 0. The Morgan fingerprint density at radius 3 is 1.60 bits per heavy atom. The summed E-state index contributed by atoms with van der Waals surface area (Å²) in [6.07, 6.45) is 0.410. The summed E-state index contributed by atoms with van der Waals surface area (Å²) < 4.78 is 0. The molecule has 2 rings (SSSR count). The van der Waals surface area contributed by atoms with E-state index in [0.717, 1.165) is 11.1 Å². The molecule has 0 aromatic heterocycles. The standard InChI is InChI=1S/C20H21NO4/c22-18(14-16-8-3-1-4-9-16)21(13-7-12-20(24)25)19(23)15-17-10-5-2-6-11-17/h1-6,8-11H,7,12-15H2,(H,24,25). The van der Waals surface area contributed by atoms with E-state index < -0.39 is 5.97 Å². The Labute approximate surface area is 146 Å². The van der Waals surface area contributed by atoms with Crippen molar-refractivity contribution in [2.45, 2.75) is 25.7 Å². The van der Waals surface area contributed by atoms with Gasteiger partial charge in [0.25, 0.3) is 0 Å². The van der Waals surface area contributed by atoms with E-state index in [0.29, 0.717) is 0 Å². The minimum absolute atomic E-state index is 0.0757. The van der Waals surface area contributed by atoms with Crippen LogP contribution in [0.15, 0.2) is 60.7 Å². The van der Waals surface area contributed by atoms with Crippen LogP contribution in [0.25, 0.3) is 0 Å². The van der Waals surface area contributed by atoms with Crippen LogP contribution in [-0.4, -0.2) is 34.3 Å². The molecule has 25 heavy (non-hydrogen) atoms. The first-order chi connectivity index (χ1) is 12.1. The van der Waals surface area contributed by atoms with Crippen molar-refractivity contribution in [3.63, 3.8) is 0 Å². The number of carbonyl (C=O) groups is 3. The molecule has 0 atom stereocenters. The fraction of sp³-hybridized carbons (Fsp3) is 0.250. The van der Waals surface area contributed by atoms with Crippen molar-refractivity contribution in [2.24, 2.45) is 0 Å². The molecular weight excluding hydrogens is 318 g/mol. The summed E-state index contributed by atoms with van der Waals surface area (Å²) in [6, 6.07) is 18.4. The van der Waals surface area contributed by atoms with Gasteiger partial charge in [0.1, 0.15) is 0 Å². The van der Waals surface area contributed by atoms with Gasteiger partial charge in [-0.25, -0.2) is 0 Å². The van der Waals surface area contributed by atoms with Crippen LogP contribution in [-0.2, 0) is 27.2 Å². The fourth-order valence-electron chi connectivity index (χ4n) is 2.51. The number of imide groups is 1. The number of nitrogens with zero attached hydrogens (tertiary/aromatic N) is 1. The molecule has 0 saturated carbocycles. The van der Waals surface area contributed by atoms with Crippen LogP contribution in [0, 0.1) is 0 Å². The molecule has 0 bridgehead atoms. The normalized spacial score (nSPS) is 10.2. The second kappa shape index (κ2) is 9.37. The summed E-state index contributed by atoms with van der Waals surface area (Å²) in [4.78, 5) is 37.1. The van der Waals surface area contributed by atoms with Gasteiger partial charge in [0, 0.05) is 13.0 Å². The van der Waals surface area contributed by atoms with Gasteiger partial charge >= 0.3 is 5.97 Å². The number of hydrogen-bond acceptors (Lipinski definition) is 3. The highest BCUT2D eigenvalue weighted by atomic mass is 16.4. The van der Waals surface area contributed by atoms with E-state index in [9.17, 15) is 14.4 Å². The molecule has 0 fully saturated rings. The molecular formula is C20H21NO4. The Morgan fingerprint density at radius 1 is 0.760 bits per heavy atom. The number of carboxylic acids is 1. The lowest BCUT2D eigenvalue weighted by atomic mass is 10.1. The zero-order valence-electron chi connectivity index (χ0n) is 13.9. The number of amides is 2. The van der Waals surface area contributed by atoms with Gasteiger partial charge in [-0.1, -0.05) is 60.7 Å². The van der Waals surface area contributed by atoms with Crippen LogP contribution in [0.4, 0.5) is 0 Å². The van der Waals surface area contributed by atoms with Gasteiger partial charge in [0.05, 0.1) is 12.8 Å². The van der Waals surface area contributed by atoms with Gasteiger partial charge in [-0.05, 0) is 17.5 Å². The average Bonchev–Trinajstić information content (AvgIpc) is 2.60. The summed E-state index contributed by atoms with van der Waals surface area (Å²) in [7, 11) is 0. The molecule has 2 aromatic carbocycles. The number of aliphatic carboxylic acids is 1. The zero-order chi connectivity index (χ0) is 18.1. The number of hydrogen-bond donors (Lipinski definition) is 1. The topological polar surface area (TPSA) is 74.7 Å². The molecule has 0 radical (unpaired) electrons. The molecule has 0 unspecified atom stereocenters. The lowest BCUT2D eigenvalue weighted by molar-refractivity contribution is -0.145. The van der Waals surface area contributed by atoms with Gasteiger partial charge in [0.2, 0.25) is 11.8 Å². The predicted molar refractivity (Wildman–Crippen MR) is 93.9 cm³/mol. The third kappa shape index (κ3) is 6.22. The summed E-state index contributed by atoms with van der Waals surface area (Å²) in [6.45, 7) is 0.115. The Bertz CT molecular complexity index is 659. The van der Waals surface area contributed by atoms with Crippen molar-refractivity contribution in [2.75, 3.05) is 6.54 Å². The van der Waals surface area contributed by atoms with Crippen LogP contribution >= 0.6 is 0 Å². The second-order valence-corrected chi connectivity index (χ2v) is 5.76. The largest absolute Gasteiger partial charge is 0.481 e. The maximum absolute atomic E-state index is 12.6. The number of carboxylic acid groups (broad SMARTS) is 1. The van der Waals surface area contributed by atoms with E-state index in [4.69, 9.17) is 5.11 Å². The maximum Gasteiger partial charge on any atom is 0.303 e. The zero-order valence-corrected chi connectivity index (χ0v) is 13.9. The molecule has 5 heteroatoms. The van der Waals surface area contributed by atoms with Crippen LogP contribution < -0.4 is 0 Å². The molecule has 2 aromatic rings. The SMILES string of the molecule is O=C(O)CCCN(C(=O)Cc1ccccc1)C(=O)Cc1ccccc1. The van der Waals surface area contributed by atoms with Crippen molar-refractivity contribution in [3.8, 4) is 0 Å². The maximum atomic E-state index is 12.6. The summed E-state index contributed by atoms with van der Waals surface area (Å²) in [5.41, 5.74) is 1.64. The predicted octanol–water partition coefficient (Wildman–Crippen LogP) is 2.69. The van der Waals surface area contributed by atoms with E-state index in [1.54, 1.807) is 0 Å². The number of benzene rings is 2. The Balaban J connectivity index is 2.06. The van der Waals surface area contributed by atoms with Gasteiger partial charge in [-0.15, -0.1) is 0 Å². The quantitative estimate of drug-likeness (QED) is 0.802. The van der Waals surface area contributed by atoms with E-state index >= 15 is 0 Å². The average molecular weight is 339 g/mol. The Kier molecular flexibility index (Phi) is 6.89. The molecule has 0 heterocycles. The van der Waals surface area contributed by atoms with Crippen molar-refractivity contribution >= 4 is 17.8 Å². The van der Waals surface area contributed by atoms with E-state index in [2.05, 4.69) is 0 Å². The lowest BCUT2D eigenvalue weighted by Gasteiger charge is -2.21. The van der Waals surface area contributed by atoms with Crippen molar-refractivity contribution in [1.29, 1.82) is 0 Å². The molecule has 0 saturated heterocycles. The molecule has 0 aliphatic rings. The fourth-order valence-corrected chi connectivity index (χ4v) is 2.51. The molecule has 130 valence electrons. The molecule has 2 amide bonds. The van der Waals surface area contributed by atoms with Crippen molar-refractivity contribution < 1.29 is 19.5 Å². The molecule has 0 spiro atoms. The number of carbonyl (C=O) groups excluding carboxylic acids is 2. The third-order valence-corrected chi connectivity index (χ3v) is 3.77.